The van der Waals surface area contributed by atoms with Gasteiger partial charge in [-0.2, -0.15) is 4.89 Å². The lowest BCUT2D eigenvalue weighted by Gasteiger charge is -1.93. The molecule has 0 spiro atoms. The molecule has 0 fully saturated rings. The van der Waals surface area contributed by atoms with E-state index in [2.05, 4.69) is 0 Å². The molecule has 0 bridgehead atoms. The van der Waals surface area contributed by atoms with Crippen molar-refractivity contribution in [1.82, 2.24) is 0 Å². The SMILES string of the molecule is O=[P+](O)Cc1ccccc1O. The Bertz CT molecular complexity index is 272. The second-order valence-corrected chi connectivity index (χ2v) is 3.16. The van der Waals surface area contributed by atoms with Crippen LogP contribution < -0.4 is 0 Å². The Labute approximate surface area is 65.2 Å². The molecule has 1 rings (SSSR count). The van der Waals surface area contributed by atoms with Crippen LogP contribution in [0.4, 0.5) is 0 Å². The molecule has 11 heavy (non-hydrogen) atoms. The zero-order chi connectivity index (χ0) is 8.27. The van der Waals surface area contributed by atoms with Crippen molar-refractivity contribution in [2.24, 2.45) is 0 Å². The van der Waals surface area contributed by atoms with Gasteiger partial charge in [0.15, 0.2) is 0 Å². The maximum atomic E-state index is 10.4. The van der Waals surface area contributed by atoms with E-state index < -0.39 is 8.03 Å². The molecule has 0 radical (unpaired) electrons. The minimum absolute atomic E-state index is 0.0159. The van der Waals surface area contributed by atoms with E-state index in [1.807, 2.05) is 0 Å². The molecule has 1 unspecified atom stereocenters. The van der Waals surface area contributed by atoms with Gasteiger partial charge in [0, 0.05) is 5.56 Å². The highest BCUT2D eigenvalue weighted by Crippen LogP contribution is 2.26. The standard InChI is InChI=1S/C7H7O3P/c8-7-4-2-1-3-6(7)5-11(9)10/h1-4H,5H2,(H-,8,9,10)/p+1. The maximum Gasteiger partial charge on any atom is 0.510 e. The average molecular weight is 171 g/mol. The van der Waals surface area contributed by atoms with Gasteiger partial charge in [0.1, 0.15) is 5.75 Å². The first-order valence-corrected chi connectivity index (χ1v) is 4.50. The summed E-state index contributed by atoms with van der Waals surface area (Å²) in [7, 11) is -2.20. The van der Waals surface area contributed by atoms with Crippen LogP contribution in [0.2, 0.25) is 0 Å². The van der Waals surface area contributed by atoms with E-state index in [0.717, 1.165) is 0 Å². The van der Waals surface area contributed by atoms with Gasteiger partial charge in [-0.25, -0.2) is 0 Å². The summed E-state index contributed by atoms with van der Waals surface area (Å²) in [6.07, 6.45) is 0.0159. The molecule has 4 heteroatoms. The number of phenolic OH excluding ortho intramolecular Hbond substituents is 1. The molecule has 0 aliphatic carbocycles. The van der Waals surface area contributed by atoms with Crippen molar-refractivity contribution in [3.8, 4) is 5.75 Å². The predicted octanol–water partition coefficient (Wildman–Crippen LogP) is 1.63. The van der Waals surface area contributed by atoms with Gasteiger partial charge in [0.25, 0.3) is 0 Å². The van der Waals surface area contributed by atoms with Crippen LogP contribution in [0.1, 0.15) is 5.56 Å². The van der Waals surface area contributed by atoms with E-state index in [1.165, 1.54) is 6.07 Å². The molecule has 3 nitrogen and oxygen atoms in total. The number of rotatable bonds is 2. The molecule has 1 aromatic rings. The van der Waals surface area contributed by atoms with Crippen molar-refractivity contribution < 1.29 is 14.6 Å². The topological polar surface area (TPSA) is 57.5 Å². The van der Waals surface area contributed by atoms with Gasteiger partial charge in [0.05, 0.1) is 0 Å². The van der Waals surface area contributed by atoms with Crippen LogP contribution >= 0.6 is 8.03 Å². The van der Waals surface area contributed by atoms with E-state index in [-0.39, 0.29) is 11.9 Å². The van der Waals surface area contributed by atoms with Crippen molar-refractivity contribution in [3.63, 3.8) is 0 Å². The Kier molecular flexibility index (Phi) is 2.58. The van der Waals surface area contributed by atoms with Crippen molar-refractivity contribution in [2.45, 2.75) is 6.16 Å². The van der Waals surface area contributed by atoms with Gasteiger partial charge < -0.3 is 5.11 Å². The molecule has 0 aliphatic rings. The Morgan fingerprint density at radius 2 is 2.00 bits per heavy atom. The van der Waals surface area contributed by atoms with E-state index in [9.17, 15) is 4.57 Å². The third-order valence-corrected chi connectivity index (χ3v) is 1.91. The van der Waals surface area contributed by atoms with Crippen LogP contribution in [0.5, 0.6) is 5.75 Å². The second-order valence-electron chi connectivity index (χ2n) is 2.14. The second kappa shape index (κ2) is 3.46. The summed E-state index contributed by atoms with van der Waals surface area (Å²) >= 11 is 0. The lowest BCUT2D eigenvalue weighted by molar-refractivity contribution is 0.466. The summed E-state index contributed by atoms with van der Waals surface area (Å²) in [5.41, 5.74) is 0.510. The fourth-order valence-electron chi connectivity index (χ4n) is 0.790. The van der Waals surface area contributed by atoms with E-state index in [4.69, 9.17) is 10.00 Å². The number of aromatic hydroxyl groups is 1. The summed E-state index contributed by atoms with van der Waals surface area (Å²) in [4.78, 5) is 8.53. The Hall–Kier alpha value is -0.920. The van der Waals surface area contributed by atoms with Crippen LogP contribution in [-0.2, 0) is 10.7 Å². The van der Waals surface area contributed by atoms with Gasteiger partial charge in [-0.1, -0.05) is 18.2 Å². The van der Waals surface area contributed by atoms with Gasteiger partial charge in [-0.15, -0.1) is 0 Å². The van der Waals surface area contributed by atoms with Gasteiger partial charge in [-0.3, -0.25) is 0 Å². The summed E-state index contributed by atoms with van der Waals surface area (Å²) in [6.45, 7) is 0. The number of hydrogen-bond acceptors (Lipinski definition) is 2. The first-order valence-electron chi connectivity index (χ1n) is 3.10. The first-order chi connectivity index (χ1) is 5.20. The van der Waals surface area contributed by atoms with Crippen LogP contribution in [0.15, 0.2) is 24.3 Å². The molecule has 1 aromatic carbocycles. The van der Waals surface area contributed by atoms with Gasteiger partial charge in [0.2, 0.25) is 6.16 Å². The highest BCUT2D eigenvalue weighted by molar-refractivity contribution is 7.37. The smallest absolute Gasteiger partial charge is 0.508 e. The highest BCUT2D eigenvalue weighted by Gasteiger charge is 2.13. The van der Waals surface area contributed by atoms with E-state index >= 15 is 0 Å². The molecule has 1 atom stereocenters. The fourth-order valence-corrected chi connectivity index (χ4v) is 1.35. The largest absolute Gasteiger partial charge is 0.510 e. The van der Waals surface area contributed by atoms with Crippen molar-refractivity contribution in [1.29, 1.82) is 0 Å². The molecule has 0 aliphatic heterocycles. The molecule has 0 amide bonds. The van der Waals surface area contributed by atoms with Crippen LogP contribution in [0.3, 0.4) is 0 Å². The maximum absolute atomic E-state index is 10.4. The summed E-state index contributed by atoms with van der Waals surface area (Å²) in [6, 6.07) is 6.50. The third-order valence-electron chi connectivity index (χ3n) is 1.30. The van der Waals surface area contributed by atoms with Gasteiger partial charge >= 0.3 is 8.03 Å². The summed E-state index contributed by atoms with van der Waals surface area (Å²) < 4.78 is 10.4. The molecular weight excluding hydrogens is 163 g/mol. The Balaban J connectivity index is 2.86. The normalized spacial score (nSPS) is 11.2. The Morgan fingerprint density at radius 1 is 1.36 bits per heavy atom. The van der Waals surface area contributed by atoms with Gasteiger partial charge in [-0.05, 0) is 10.6 Å². The predicted molar refractivity (Wildman–Crippen MR) is 41.6 cm³/mol. The number of hydrogen-bond donors (Lipinski definition) is 2. The molecule has 58 valence electrons. The van der Waals surface area contributed by atoms with E-state index in [0.29, 0.717) is 5.56 Å². The minimum Gasteiger partial charge on any atom is -0.508 e. The van der Waals surface area contributed by atoms with Crippen molar-refractivity contribution >= 4 is 8.03 Å². The monoisotopic (exact) mass is 171 g/mol. The lowest BCUT2D eigenvalue weighted by Crippen LogP contribution is -1.79. The molecule has 0 aromatic heterocycles. The number of para-hydroxylation sites is 1. The zero-order valence-corrected chi connectivity index (χ0v) is 6.66. The molecule has 2 N–H and O–H groups in total. The molecular formula is C7H8O3P+. The fraction of sp³-hybridized carbons (Fsp3) is 0.143. The van der Waals surface area contributed by atoms with Crippen LogP contribution in [-0.4, -0.2) is 10.00 Å². The number of phenols is 1. The summed E-state index contributed by atoms with van der Waals surface area (Å²) in [5.74, 6) is 0.0740. The molecule has 0 saturated heterocycles. The van der Waals surface area contributed by atoms with Crippen LogP contribution in [0, 0.1) is 0 Å². The highest BCUT2D eigenvalue weighted by atomic mass is 31.1. The third kappa shape index (κ3) is 2.30. The van der Waals surface area contributed by atoms with Crippen molar-refractivity contribution in [3.05, 3.63) is 29.8 Å². The summed E-state index contributed by atoms with van der Waals surface area (Å²) in [5, 5.41) is 9.12. The average Bonchev–Trinajstić information content (AvgIpc) is 1.93. The van der Waals surface area contributed by atoms with Crippen LogP contribution in [0.25, 0.3) is 0 Å². The van der Waals surface area contributed by atoms with Crippen molar-refractivity contribution in [2.75, 3.05) is 0 Å². The number of benzene rings is 1. The lowest BCUT2D eigenvalue weighted by atomic mass is 10.2. The Morgan fingerprint density at radius 3 is 2.55 bits per heavy atom. The quantitative estimate of drug-likeness (QED) is 0.665. The molecule has 0 heterocycles. The zero-order valence-electron chi connectivity index (χ0n) is 5.77. The first kappa shape index (κ1) is 8.18. The minimum atomic E-state index is -2.20. The molecule has 0 saturated carbocycles. The van der Waals surface area contributed by atoms with E-state index in [1.54, 1.807) is 18.2 Å².